The van der Waals surface area contributed by atoms with Crippen molar-refractivity contribution in [2.24, 2.45) is 5.92 Å². The maximum absolute atomic E-state index is 11.7. The molecule has 0 spiro atoms. The van der Waals surface area contributed by atoms with Gasteiger partial charge in [0, 0.05) is 12.6 Å². The molecule has 2 saturated carbocycles. The van der Waals surface area contributed by atoms with Crippen LogP contribution in [0.25, 0.3) is 0 Å². The number of nitrogen functional groups attached to an aromatic ring is 1. The molecule has 0 aromatic carbocycles. The number of aromatic nitrogens is 2. The van der Waals surface area contributed by atoms with E-state index in [9.17, 15) is 9.59 Å². The summed E-state index contributed by atoms with van der Waals surface area (Å²) < 4.78 is 1.48. The molecule has 0 saturated heterocycles. The zero-order valence-electron chi connectivity index (χ0n) is 9.53. The SMILES string of the molecule is Nc1c(NC2CC2)c(=O)[nH]c(=O)n1CC1CC1. The molecule has 6 heteroatoms. The third-order valence-electron chi connectivity index (χ3n) is 3.30. The van der Waals surface area contributed by atoms with E-state index in [2.05, 4.69) is 10.3 Å². The monoisotopic (exact) mass is 236 g/mol. The largest absolute Gasteiger partial charge is 0.383 e. The number of nitrogens with zero attached hydrogens (tertiary/aromatic N) is 1. The van der Waals surface area contributed by atoms with Crippen molar-refractivity contribution in [3.05, 3.63) is 20.8 Å². The van der Waals surface area contributed by atoms with Gasteiger partial charge in [0.1, 0.15) is 11.5 Å². The van der Waals surface area contributed by atoms with Crippen LogP contribution in [0.4, 0.5) is 11.5 Å². The maximum atomic E-state index is 11.7. The van der Waals surface area contributed by atoms with Crippen LogP contribution in [0.3, 0.4) is 0 Å². The van der Waals surface area contributed by atoms with Gasteiger partial charge in [0.25, 0.3) is 5.56 Å². The smallest absolute Gasteiger partial charge is 0.330 e. The zero-order valence-corrected chi connectivity index (χ0v) is 9.53. The molecular formula is C11H16N4O2. The second-order valence-electron chi connectivity index (χ2n) is 4.99. The van der Waals surface area contributed by atoms with Crippen LogP contribution >= 0.6 is 0 Å². The molecule has 3 rings (SSSR count). The zero-order chi connectivity index (χ0) is 12.0. The molecule has 0 aliphatic heterocycles. The Hall–Kier alpha value is -1.72. The van der Waals surface area contributed by atoms with E-state index in [0.29, 0.717) is 24.2 Å². The quantitative estimate of drug-likeness (QED) is 0.691. The number of hydrogen-bond acceptors (Lipinski definition) is 4. The number of nitrogens with two attached hydrogens (primary N) is 1. The topological polar surface area (TPSA) is 92.9 Å². The van der Waals surface area contributed by atoms with Crippen LogP contribution < -0.4 is 22.3 Å². The second kappa shape index (κ2) is 3.65. The molecule has 4 N–H and O–H groups in total. The lowest BCUT2D eigenvalue weighted by atomic mass is 10.3. The number of nitrogens with one attached hydrogen (secondary N) is 2. The Morgan fingerprint density at radius 2 is 2.00 bits per heavy atom. The molecule has 0 unspecified atom stereocenters. The normalized spacial score (nSPS) is 19.3. The van der Waals surface area contributed by atoms with E-state index >= 15 is 0 Å². The Labute approximate surface area is 97.8 Å². The van der Waals surface area contributed by atoms with Crippen molar-refractivity contribution in [3.63, 3.8) is 0 Å². The number of hydrogen-bond donors (Lipinski definition) is 3. The molecule has 92 valence electrons. The molecule has 6 nitrogen and oxygen atoms in total. The van der Waals surface area contributed by atoms with Crippen molar-refractivity contribution >= 4 is 11.5 Å². The van der Waals surface area contributed by atoms with Crippen LogP contribution in [-0.4, -0.2) is 15.6 Å². The van der Waals surface area contributed by atoms with Gasteiger partial charge in [0.15, 0.2) is 0 Å². The number of aromatic amines is 1. The van der Waals surface area contributed by atoms with Gasteiger partial charge in [-0.3, -0.25) is 14.3 Å². The van der Waals surface area contributed by atoms with E-state index in [0.717, 1.165) is 25.7 Å². The van der Waals surface area contributed by atoms with Gasteiger partial charge in [-0.2, -0.15) is 0 Å². The van der Waals surface area contributed by atoms with Crippen LogP contribution in [0.15, 0.2) is 9.59 Å². The average Bonchev–Trinajstić information content (AvgIpc) is 3.12. The fraction of sp³-hybridized carbons (Fsp3) is 0.636. The fourth-order valence-corrected chi connectivity index (χ4v) is 1.90. The molecule has 17 heavy (non-hydrogen) atoms. The van der Waals surface area contributed by atoms with Crippen LogP contribution in [0, 0.1) is 5.92 Å². The lowest BCUT2D eigenvalue weighted by Crippen LogP contribution is -2.34. The molecule has 1 aromatic rings. The molecule has 1 aromatic heterocycles. The van der Waals surface area contributed by atoms with Gasteiger partial charge in [-0.1, -0.05) is 0 Å². The highest BCUT2D eigenvalue weighted by Crippen LogP contribution is 2.31. The van der Waals surface area contributed by atoms with E-state index < -0.39 is 11.2 Å². The van der Waals surface area contributed by atoms with E-state index in [1.165, 1.54) is 4.57 Å². The Balaban J connectivity index is 2.00. The second-order valence-corrected chi connectivity index (χ2v) is 4.99. The van der Waals surface area contributed by atoms with Crippen molar-refractivity contribution in [1.82, 2.24) is 9.55 Å². The third kappa shape index (κ3) is 2.07. The van der Waals surface area contributed by atoms with Gasteiger partial charge in [0.05, 0.1) is 0 Å². The first-order valence-electron chi connectivity index (χ1n) is 6.04. The molecule has 2 fully saturated rings. The Morgan fingerprint density at radius 1 is 1.29 bits per heavy atom. The van der Waals surface area contributed by atoms with Crippen LogP contribution in [0.5, 0.6) is 0 Å². The first-order chi connectivity index (χ1) is 8.15. The molecule has 0 radical (unpaired) electrons. The van der Waals surface area contributed by atoms with E-state index in [4.69, 9.17) is 5.73 Å². The standard InChI is InChI=1S/C11H16N4O2/c12-9-8(13-7-3-4-7)10(16)14-11(17)15(9)5-6-1-2-6/h6-7,13H,1-5,12H2,(H,14,16,17). The lowest BCUT2D eigenvalue weighted by molar-refractivity contribution is 0.599. The van der Waals surface area contributed by atoms with E-state index in [-0.39, 0.29) is 5.82 Å². The van der Waals surface area contributed by atoms with Crippen molar-refractivity contribution in [1.29, 1.82) is 0 Å². The minimum Gasteiger partial charge on any atom is -0.383 e. The molecule has 0 bridgehead atoms. The predicted molar refractivity (Wildman–Crippen MR) is 65.1 cm³/mol. The third-order valence-corrected chi connectivity index (χ3v) is 3.30. The van der Waals surface area contributed by atoms with Crippen LogP contribution in [0.1, 0.15) is 25.7 Å². The Kier molecular flexibility index (Phi) is 2.24. The summed E-state index contributed by atoms with van der Waals surface area (Å²) in [5.74, 6) is 0.812. The lowest BCUT2D eigenvalue weighted by Gasteiger charge is -2.13. The van der Waals surface area contributed by atoms with E-state index in [1.54, 1.807) is 0 Å². The summed E-state index contributed by atoms with van der Waals surface area (Å²) in [6.45, 7) is 0.612. The number of anilines is 2. The number of rotatable bonds is 4. The first-order valence-corrected chi connectivity index (χ1v) is 6.04. The highest BCUT2D eigenvalue weighted by molar-refractivity contribution is 5.61. The van der Waals surface area contributed by atoms with Crippen molar-refractivity contribution in [2.45, 2.75) is 38.3 Å². The van der Waals surface area contributed by atoms with Crippen LogP contribution in [-0.2, 0) is 6.54 Å². The molecule has 0 atom stereocenters. The molecule has 2 aliphatic carbocycles. The first kappa shape index (κ1) is 10.4. The summed E-state index contributed by atoms with van der Waals surface area (Å²) in [5.41, 5.74) is 5.46. The van der Waals surface area contributed by atoms with Crippen molar-refractivity contribution < 1.29 is 0 Å². The average molecular weight is 236 g/mol. The highest BCUT2D eigenvalue weighted by atomic mass is 16.2. The molecule has 2 aliphatic rings. The van der Waals surface area contributed by atoms with Gasteiger partial charge in [-0.15, -0.1) is 0 Å². The summed E-state index contributed by atoms with van der Waals surface area (Å²) in [6.07, 6.45) is 4.38. The van der Waals surface area contributed by atoms with Gasteiger partial charge in [-0.05, 0) is 31.6 Å². The molecular weight excluding hydrogens is 220 g/mol. The Morgan fingerprint density at radius 3 is 2.59 bits per heavy atom. The predicted octanol–water partition coefficient (Wildman–Crippen LogP) is 0.103. The summed E-state index contributed by atoms with van der Waals surface area (Å²) in [6, 6.07) is 0.338. The summed E-state index contributed by atoms with van der Waals surface area (Å²) in [4.78, 5) is 25.7. The van der Waals surface area contributed by atoms with Crippen molar-refractivity contribution in [2.75, 3.05) is 11.1 Å². The molecule has 1 heterocycles. The molecule has 0 amide bonds. The fourth-order valence-electron chi connectivity index (χ4n) is 1.90. The van der Waals surface area contributed by atoms with Crippen molar-refractivity contribution in [3.8, 4) is 0 Å². The van der Waals surface area contributed by atoms with Gasteiger partial charge in [-0.25, -0.2) is 4.79 Å². The van der Waals surface area contributed by atoms with Gasteiger partial charge in [0.2, 0.25) is 0 Å². The summed E-state index contributed by atoms with van der Waals surface area (Å²) >= 11 is 0. The van der Waals surface area contributed by atoms with E-state index in [1.807, 2.05) is 0 Å². The van der Waals surface area contributed by atoms with Gasteiger partial charge < -0.3 is 11.1 Å². The minimum atomic E-state index is -0.411. The minimum absolute atomic E-state index is 0.276. The van der Waals surface area contributed by atoms with Gasteiger partial charge >= 0.3 is 5.69 Å². The summed E-state index contributed by atoms with van der Waals surface area (Å²) in [7, 11) is 0. The maximum Gasteiger partial charge on any atom is 0.330 e. The number of H-pyrrole nitrogens is 1. The highest BCUT2D eigenvalue weighted by Gasteiger charge is 2.27. The van der Waals surface area contributed by atoms with Crippen LogP contribution in [0.2, 0.25) is 0 Å². The Bertz CT molecular complexity index is 505. The summed E-state index contributed by atoms with van der Waals surface area (Å²) in [5, 5.41) is 3.09.